The van der Waals surface area contributed by atoms with E-state index in [-0.39, 0.29) is 28.9 Å². The second kappa shape index (κ2) is 4.98. The number of phenolic OH excluding ortho intramolecular Hbond substituents is 1. The molecule has 1 atom stereocenters. The van der Waals surface area contributed by atoms with Crippen molar-refractivity contribution < 1.29 is 14.7 Å². The van der Waals surface area contributed by atoms with Gasteiger partial charge in [-0.15, -0.1) is 11.6 Å². The van der Waals surface area contributed by atoms with Crippen LogP contribution in [0.3, 0.4) is 0 Å². The number of hydrogen-bond donors (Lipinski definition) is 1. The molecule has 1 fully saturated rings. The summed E-state index contributed by atoms with van der Waals surface area (Å²) in [6, 6.07) is 4.84. The first-order chi connectivity index (χ1) is 8.54. The Kier molecular flexibility index (Phi) is 3.57. The van der Waals surface area contributed by atoms with Gasteiger partial charge in [-0.2, -0.15) is 0 Å². The van der Waals surface area contributed by atoms with Crippen LogP contribution in [0.1, 0.15) is 23.7 Å². The third kappa shape index (κ3) is 2.20. The Morgan fingerprint density at radius 3 is 2.83 bits per heavy atom. The molecule has 1 amide bonds. The third-order valence-electron chi connectivity index (χ3n) is 3.11. The smallest absolute Gasteiger partial charge is 0.227 e. The van der Waals surface area contributed by atoms with E-state index in [1.807, 2.05) is 0 Å². The number of phenols is 1. The Labute approximate surface area is 110 Å². The summed E-state index contributed by atoms with van der Waals surface area (Å²) in [5.74, 6) is 0.0785. The molecule has 18 heavy (non-hydrogen) atoms. The highest BCUT2D eigenvalue weighted by molar-refractivity contribution is 6.18. The van der Waals surface area contributed by atoms with Gasteiger partial charge in [-0.05, 0) is 25.0 Å². The van der Waals surface area contributed by atoms with Gasteiger partial charge in [-0.1, -0.05) is 6.07 Å². The normalized spacial score (nSPS) is 19.3. The average molecular weight is 268 g/mol. The zero-order valence-corrected chi connectivity index (χ0v) is 10.8. The lowest BCUT2D eigenvalue weighted by Crippen LogP contribution is -2.25. The van der Waals surface area contributed by atoms with Crippen molar-refractivity contribution in [2.24, 2.45) is 5.92 Å². The number of para-hydroxylation sites is 1. The van der Waals surface area contributed by atoms with Crippen molar-refractivity contribution in [3.63, 3.8) is 0 Å². The quantitative estimate of drug-likeness (QED) is 0.675. The van der Waals surface area contributed by atoms with Crippen LogP contribution in [0.25, 0.3) is 0 Å². The molecule has 0 bridgehead atoms. The van der Waals surface area contributed by atoms with Gasteiger partial charge in [-0.25, -0.2) is 0 Å². The predicted molar refractivity (Wildman–Crippen MR) is 69.3 cm³/mol. The number of amides is 1. The summed E-state index contributed by atoms with van der Waals surface area (Å²) in [5, 5.41) is 10.0. The van der Waals surface area contributed by atoms with Gasteiger partial charge in [-0.3, -0.25) is 9.59 Å². The number of hydrogen-bond acceptors (Lipinski definition) is 3. The standard InChI is InChI=1S/C13H14ClNO3/c1-8(16)10-3-2-4-11(13(10)18)15-7-9(6-14)5-12(15)17/h2-4,9,18H,5-7H2,1H3. The van der Waals surface area contributed by atoms with Crippen LogP contribution in [0.15, 0.2) is 18.2 Å². The van der Waals surface area contributed by atoms with Crippen LogP contribution < -0.4 is 4.90 Å². The molecular weight excluding hydrogens is 254 g/mol. The molecule has 1 aromatic carbocycles. The van der Waals surface area contributed by atoms with Crippen molar-refractivity contribution in [2.75, 3.05) is 17.3 Å². The van der Waals surface area contributed by atoms with Crippen molar-refractivity contribution in [1.29, 1.82) is 0 Å². The molecular formula is C13H14ClNO3. The fourth-order valence-electron chi connectivity index (χ4n) is 2.15. The number of halogens is 1. The Hall–Kier alpha value is -1.55. The Morgan fingerprint density at radius 2 is 2.28 bits per heavy atom. The summed E-state index contributed by atoms with van der Waals surface area (Å²) in [5.41, 5.74) is 0.620. The van der Waals surface area contributed by atoms with Gasteiger partial charge in [0.15, 0.2) is 5.78 Å². The van der Waals surface area contributed by atoms with Gasteiger partial charge in [0.05, 0.1) is 11.3 Å². The van der Waals surface area contributed by atoms with E-state index in [1.54, 1.807) is 18.2 Å². The molecule has 1 aliphatic rings. The molecule has 4 nitrogen and oxygen atoms in total. The maximum atomic E-state index is 11.8. The summed E-state index contributed by atoms with van der Waals surface area (Å²) >= 11 is 5.75. The second-order valence-corrected chi connectivity index (χ2v) is 4.77. The number of aromatic hydroxyl groups is 1. The summed E-state index contributed by atoms with van der Waals surface area (Å²) in [7, 11) is 0. The molecule has 1 aromatic rings. The molecule has 0 aliphatic carbocycles. The van der Waals surface area contributed by atoms with Crippen molar-refractivity contribution in [3.05, 3.63) is 23.8 Å². The maximum absolute atomic E-state index is 11.8. The first-order valence-electron chi connectivity index (χ1n) is 5.73. The van der Waals surface area contributed by atoms with Crippen LogP contribution in [0.2, 0.25) is 0 Å². The highest BCUT2D eigenvalue weighted by atomic mass is 35.5. The summed E-state index contributed by atoms with van der Waals surface area (Å²) in [4.78, 5) is 24.7. The fraction of sp³-hybridized carbons (Fsp3) is 0.385. The molecule has 1 heterocycles. The van der Waals surface area contributed by atoms with Crippen LogP contribution in [0.4, 0.5) is 5.69 Å². The van der Waals surface area contributed by atoms with Gasteiger partial charge >= 0.3 is 0 Å². The molecule has 0 radical (unpaired) electrons. The molecule has 1 unspecified atom stereocenters. The van der Waals surface area contributed by atoms with Crippen molar-refractivity contribution >= 4 is 29.0 Å². The molecule has 1 saturated heterocycles. The second-order valence-electron chi connectivity index (χ2n) is 4.46. The third-order valence-corrected chi connectivity index (χ3v) is 3.54. The van der Waals surface area contributed by atoms with Gasteiger partial charge in [0.25, 0.3) is 0 Å². The highest BCUT2D eigenvalue weighted by Gasteiger charge is 2.32. The molecule has 96 valence electrons. The van der Waals surface area contributed by atoms with E-state index in [9.17, 15) is 14.7 Å². The van der Waals surface area contributed by atoms with Gasteiger partial charge in [0, 0.05) is 18.8 Å². The monoisotopic (exact) mass is 267 g/mol. The molecule has 0 aromatic heterocycles. The minimum Gasteiger partial charge on any atom is -0.505 e. The highest BCUT2D eigenvalue weighted by Crippen LogP contribution is 2.35. The lowest BCUT2D eigenvalue weighted by molar-refractivity contribution is -0.117. The van der Waals surface area contributed by atoms with Crippen molar-refractivity contribution in [2.45, 2.75) is 13.3 Å². The fourth-order valence-corrected chi connectivity index (χ4v) is 2.36. The molecule has 2 rings (SSSR count). The molecule has 1 aliphatic heterocycles. The van der Waals surface area contributed by atoms with Crippen LogP contribution >= 0.6 is 11.6 Å². The number of nitrogens with zero attached hydrogens (tertiary/aromatic N) is 1. The molecule has 0 saturated carbocycles. The number of benzene rings is 1. The Balaban J connectivity index is 2.37. The number of alkyl halides is 1. The van der Waals surface area contributed by atoms with Gasteiger partial charge in [0.2, 0.25) is 5.91 Å². The summed E-state index contributed by atoms with van der Waals surface area (Å²) < 4.78 is 0. The zero-order valence-electron chi connectivity index (χ0n) is 10.0. The van der Waals surface area contributed by atoms with Crippen LogP contribution in [0.5, 0.6) is 5.75 Å². The van der Waals surface area contributed by atoms with E-state index >= 15 is 0 Å². The van der Waals surface area contributed by atoms with E-state index in [2.05, 4.69) is 0 Å². The van der Waals surface area contributed by atoms with Crippen molar-refractivity contribution in [3.8, 4) is 5.75 Å². The van der Waals surface area contributed by atoms with E-state index in [4.69, 9.17) is 11.6 Å². The minimum absolute atomic E-state index is 0.0725. The lowest BCUT2D eigenvalue weighted by Gasteiger charge is -2.18. The summed E-state index contributed by atoms with van der Waals surface area (Å²) in [6.07, 6.45) is 0.382. The topological polar surface area (TPSA) is 57.6 Å². The van der Waals surface area contributed by atoms with Gasteiger partial charge < -0.3 is 10.0 Å². The maximum Gasteiger partial charge on any atom is 0.227 e. The van der Waals surface area contributed by atoms with E-state index in [1.165, 1.54) is 11.8 Å². The van der Waals surface area contributed by atoms with Crippen molar-refractivity contribution in [1.82, 2.24) is 0 Å². The SMILES string of the molecule is CC(=O)c1cccc(N2CC(CCl)CC2=O)c1O. The first-order valence-corrected chi connectivity index (χ1v) is 6.27. The zero-order chi connectivity index (χ0) is 13.3. The van der Waals surface area contributed by atoms with Crippen LogP contribution in [-0.4, -0.2) is 29.2 Å². The molecule has 0 spiro atoms. The Morgan fingerprint density at radius 1 is 1.56 bits per heavy atom. The first kappa shape index (κ1) is 12.9. The van der Waals surface area contributed by atoms with Crippen LogP contribution in [0, 0.1) is 5.92 Å². The Bertz CT molecular complexity index is 501. The molecule has 1 N–H and O–H groups in total. The average Bonchev–Trinajstić information content (AvgIpc) is 2.70. The number of anilines is 1. The number of rotatable bonds is 3. The van der Waals surface area contributed by atoms with Crippen LogP contribution in [-0.2, 0) is 4.79 Å². The number of carbonyl (C=O) groups is 2. The predicted octanol–water partition coefficient (Wildman–Crippen LogP) is 2.19. The number of carbonyl (C=O) groups excluding carboxylic acids is 2. The summed E-state index contributed by atoms with van der Waals surface area (Å²) in [6.45, 7) is 1.86. The van der Waals surface area contributed by atoms with E-state index < -0.39 is 0 Å². The lowest BCUT2D eigenvalue weighted by atomic mass is 10.1. The largest absolute Gasteiger partial charge is 0.505 e. The molecule has 5 heteroatoms. The number of Topliss-reactive ketones (excluding diaryl/α,β-unsaturated/α-hetero) is 1. The minimum atomic E-state index is -0.227. The van der Waals surface area contributed by atoms with E-state index in [0.717, 1.165) is 0 Å². The van der Waals surface area contributed by atoms with E-state index in [0.29, 0.717) is 24.5 Å². The van der Waals surface area contributed by atoms with Gasteiger partial charge in [0.1, 0.15) is 5.75 Å². The number of ketones is 1.